The van der Waals surface area contributed by atoms with E-state index < -0.39 is 5.97 Å². The van der Waals surface area contributed by atoms with E-state index in [0.29, 0.717) is 18.0 Å². The molecule has 0 heterocycles. The zero-order valence-electron chi connectivity index (χ0n) is 12.0. The molecule has 0 fully saturated rings. The van der Waals surface area contributed by atoms with Gasteiger partial charge in [0.25, 0.3) is 0 Å². The average Bonchev–Trinajstić information content (AvgIpc) is 2.42. The van der Waals surface area contributed by atoms with E-state index in [9.17, 15) is 9.59 Å². The maximum atomic E-state index is 12.5. The Labute approximate surface area is 119 Å². The lowest BCUT2D eigenvalue weighted by Crippen LogP contribution is -2.42. The minimum absolute atomic E-state index is 0.222. The Balaban J connectivity index is 2.98. The lowest BCUT2D eigenvalue weighted by molar-refractivity contribution is -0.137. The van der Waals surface area contributed by atoms with Gasteiger partial charge >= 0.3 is 5.97 Å². The number of carboxylic acid groups (broad SMARTS) is 1. The molecule has 0 aromatic heterocycles. The van der Waals surface area contributed by atoms with Crippen molar-refractivity contribution in [1.29, 1.82) is 0 Å². The zero-order valence-corrected chi connectivity index (χ0v) is 12.0. The van der Waals surface area contributed by atoms with Crippen LogP contribution in [0.1, 0.15) is 20.3 Å². The fraction of sp³-hybridized carbons (Fsp3) is 0.467. The number of para-hydroxylation sites is 1. The molecule has 110 valence electrons. The summed E-state index contributed by atoms with van der Waals surface area (Å²) >= 11 is 0. The highest BCUT2D eigenvalue weighted by Crippen LogP contribution is 2.19. The van der Waals surface area contributed by atoms with E-state index in [1.165, 1.54) is 4.90 Å². The summed E-state index contributed by atoms with van der Waals surface area (Å²) in [5, 5.41) is 9.01. The van der Waals surface area contributed by atoms with Crippen LogP contribution in [0.15, 0.2) is 30.3 Å². The van der Waals surface area contributed by atoms with Crippen molar-refractivity contribution in [3.05, 3.63) is 30.3 Å². The van der Waals surface area contributed by atoms with Crippen molar-refractivity contribution in [3.8, 4) is 0 Å². The molecule has 1 aromatic carbocycles. The normalized spacial score (nSPS) is 12.2. The van der Waals surface area contributed by atoms with Gasteiger partial charge in [0.05, 0.1) is 5.92 Å². The van der Waals surface area contributed by atoms with Crippen LogP contribution < -0.4 is 10.6 Å². The Morgan fingerprint density at radius 1 is 1.25 bits per heavy atom. The second-order valence-corrected chi connectivity index (χ2v) is 5.22. The topological polar surface area (TPSA) is 83.6 Å². The first kappa shape index (κ1) is 16.2. The molecular formula is C15H22N2O3. The van der Waals surface area contributed by atoms with Crippen LogP contribution in [-0.2, 0) is 9.59 Å². The summed E-state index contributed by atoms with van der Waals surface area (Å²) in [6.45, 7) is 3.90. The first-order valence-corrected chi connectivity index (χ1v) is 6.74. The number of carbonyl (C=O) groups is 2. The van der Waals surface area contributed by atoms with Crippen molar-refractivity contribution >= 4 is 17.6 Å². The van der Waals surface area contributed by atoms with Crippen molar-refractivity contribution in [2.75, 3.05) is 18.0 Å². The maximum absolute atomic E-state index is 12.5. The van der Waals surface area contributed by atoms with Gasteiger partial charge in [-0.05, 0) is 24.5 Å². The Morgan fingerprint density at radius 2 is 1.85 bits per heavy atom. The summed E-state index contributed by atoms with van der Waals surface area (Å²) in [6, 6.07) is 8.82. The molecule has 0 aliphatic carbocycles. The van der Waals surface area contributed by atoms with E-state index in [-0.39, 0.29) is 24.9 Å². The number of hydrogen-bond acceptors (Lipinski definition) is 3. The van der Waals surface area contributed by atoms with Gasteiger partial charge in [-0.3, -0.25) is 9.59 Å². The van der Waals surface area contributed by atoms with Gasteiger partial charge in [-0.15, -0.1) is 0 Å². The van der Waals surface area contributed by atoms with Crippen molar-refractivity contribution in [2.45, 2.75) is 20.3 Å². The summed E-state index contributed by atoms with van der Waals surface area (Å²) in [7, 11) is 0. The minimum atomic E-state index is -1.04. The summed E-state index contributed by atoms with van der Waals surface area (Å²) in [6.07, 6.45) is 0.651. The van der Waals surface area contributed by atoms with Gasteiger partial charge in [0.15, 0.2) is 0 Å². The number of nitrogens with two attached hydrogens (primary N) is 1. The quantitative estimate of drug-likeness (QED) is 0.795. The zero-order chi connectivity index (χ0) is 15.1. The van der Waals surface area contributed by atoms with E-state index in [1.807, 2.05) is 19.9 Å². The number of nitrogens with zero attached hydrogens (tertiary/aromatic N) is 1. The number of aliphatic carboxylic acids is 1. The van der Waals surface area contributed by atoms with Gasteiger partial charge in [-0.25, -0.2) is 0 Å². The third-order valence-electron chi connectivity index (χ3n) is 3.02. The molecule has 1 unspecified atom stereocenters. The molecule has 1 atom stereocenters. The highest BCUT2D eigenvalue weighted by Gasteiger charge is 2.26. The van der Waals surface area contributed by atoms with Crippen LogP contribution in [0, 0.1) is 11.8 Å². The van der Waals surface area contributed by atoms with E-state index in [1.54, 1.807) is 24.3 Å². The van der Waals surface area contributed by atoms with Gasteiger partial charge in [0, 0.05) is 12.2 Å². The molecule has 1 aromatic rings. The van der Waals surface area contributed by atoms with Crippen LogP contribution in [0.3, 0.4) is 0 Å². The standard InChI is InChI=1S/C15H22N2O3/c1-11(2)8-12(9-16)15(20)17(10-14(18)19)13-6-4-3-5-7-13/h3-7,11-12H,8-10,16H2,1-2H3,(H,18,19). The number of anilines is 1. The van der Waals surface area contributed by atoms with E-state index in [0.717, 1.165) is 0 Å². The van der Waals surface area contributed by atoms with Crippen LogP contribution in [-0.4, -0.2) is 30.1 Å². The number of hydrogen-bond donors (Lipinski definition) is 2. The fourth-order valence-corrected chi connectivity index (χ4v) is 2.13. The lowest BCUT2D eigenvalue weighted by atomic mass is 9.95. The van der Waals surface area contributed by atoms with E-state index in [4.69, 9.17) is 10.8 Å². The molecule has 3 N–H and O–H groups in total. The highest BCUT2D eigenvalue weighted by atomic mass is 16.4. The number of rotatable bonds is 7. The third kappa shape index (κ3) is 4.66. The molecular weight excluding hydrogens is 256 g/mol. The SMILES string of the molecule is CC(C)CC(CN)C(=O)N(CC(=O)O)c1ccccc1. The number of benzene rings is 1. The van der Waals surface area contributed by atoms with Crippen molar-refractivity contribution in [1.82, 2.24) is 0 Å². The molecule has 0 saturated carbocycles. The van der Waals surface area contributed by atoms with E-state index >= 15 is 0 Å². The Kier molecular flexibility index (Phi) is 6.18. The molecule has 0 saturated heterocycles. The Bertz CT molecular complexity index is 446. The molecule has 5 heteroatoms. The van der Waals surface area contributed by atoms with Gasteiger partial charge in [0.1, 0.15) is 6.54 Å². The monoisotopic (exact) mass is 278 g/mol. The average molecular weight is 278 g/mol. The van der Waals surface area contributed by atoms with Gasteiger partial charge in [0.2, 0.25) is 5.91 Å². The minimum Gasteiger partial charge on any atom is -0.480 e. The molecule has 1 rings (SSSR count). The number of carbonyl (C=O) groups excluding carboxylic acids is 1. The summed E-state index contributed by atoms with van der Waals surface area (Å²) < 4.78 is 0. The van der Waals surface area contributed by atoms with E-state index in [2.05, 4.69) is 0 Å². The molecule has 0 bridgehead atoms. The molecule has 0 spiro atoms. The lowest BCUT2D eigenvalue weighted by Gasteiger charge is -2.26. The molecule has 20 heavy (non-hydrogen) atoms. The van der Waals surface area contributed by atoms with Crippen molar-refractivity contribution in [2.24, 2.45) is 17.6 Å². The van der Waals surface area contributed by atoms with Crippen LogP contribution in [0.25, 0.3) is 0 Å². The fourth-order valence-electron chi connectivity index (χ4n) is 2.13. The highest BCUT2D eigenvalue weighted by molar-refractivity contribution is 5.98. The molecule has 0 radical (unpaired) electrons. The molecule has 0 aliphatic rings. The van der Waals surface area contributed by atoms with Crippen molar-refractivity contribution in [3.63, 3.8) is 0 Å². The smallest absolute Gasteiger partial charge is 0.323 e. The summed E-state index contributed by atoms with van der Waals surface area (Å²) in [5.74, 6) is -1.29. The van der Waals surface area contributed by atoms with Gasteiger partial charge in [-0.1, -0.05) is 32.0 Å². The Hall–Kier alpha value is -1.88. The first-order valence-electron chi connectivity index (χ1n) is 6.74. The van der Waals surface area contributed by atoms with Crippen LogP contribution in [0.5, 0.6) is 0 Å². The maximum Gasteiger partial charge on any atom is 0.323 e. The second kappa shape index (κ2) is 7.65. The van der Waals surface area contributed by atoms with Crippen LogP contribution in [0.2, 0.25) is 0 Å². The molecule has 0 aliphatic heterocycles. The third-order valence-corrected chi connectivity index (χ3v) is 3.02. The van der Waals surface area contributed by atoms with Crippen molar-refractivity contribution < 1.29 is 14.7 Å². The summed E-state index contributed by atoms with van der Waals surface area (Å²) in [5.41, 5.74) is 6.26. The first-order chi connectivity index (χ1) is 9.45. The molecule has 1 amide bonds. The second-order valence-electron chi connectivity index (χ2n) is 5.22. The summed E-state index contributed by atoms with van der Waals surface area (Å²) in [4.78, 5) is 24.8. The number of amides is 1. The molecule has 5 nitrogen and oxygen atoms in total. The number of carboxylic acids is 1. The van der Waals surface area contributed by atoms with Crippen LogP contribution >= 0.6 is 0 Å². The van der Waals surface area contributed by atoms with Gasteiger partial charge < -0.3 is 15.7 Å². The predicted molar refractivity (Wildman–Crippen MR) is 78.4 cm³/mol. The largest absolute Gasteiger partial charge is 0.480 e. The van der Waals surface area contributed by atoms with Gasteiger partial charge in [-0.2, -0.15) is 0 Å². The Morgan fingerprint density at radius 3 is 2.30 bits per heavy atom. The van der Waals surface area contributed by atoms with Crippen LogP contribution in [0.4, 0.5) is 5.69 Å². The predicted octanol–water partition coefficient (Wildman–Crippen LogP) is 1.73.